The molecule has 25 heavy (non-hydrogen) atoms. The maximum absolute atomic E-state index is 11.9. The van der Waals surface area contributed by atoms with Crippen molar-refractivity contribution in [2.45, 2.75) is 6.92 Å². The van der Waals surface area contributed by atoms with Crippen LogP contribution >= 0.6 is 23.2 Å². The number of amides is 1. The largest absolute Gasteiger partial charge is 0.369 e. The van der Waals surface area contributed by atoms with Crippen LogP contribution in [-0.4, -0.2) is 42.0 Å². The highest BCUT2D eigenvalue weighted by molar-refractivity contribution is 6.18. The van der Waals surface area contributed by atoms with E-state index in [0.717, 1.165) is 29.9 Å². The number of carbonyl (C=O) groups is 1. The van der Waals surface area contributed by atoms with Crippen LogP contribution in [0.15, 0.2) is 47.8 Å². The molecule has 2 aromatic rings. The maximum Gasteiger partial charge on any atom is 0.271 e. The van der Waals surface area contributed by atoms with Gasteiger partial charge in [0.05, 0.1) is 6.21 Å². The summed E-state index contributed by atoms with van der Waals surface area (Å²) in [5.41, 5.74) is 6.06. The molecule has 1 aromatic heterocycles. The van der Waals surface area contributed by atoms with Crippen LogP contribution in [0.3, 0.4) is 0 Å². The molecular weight excluding hydrogens is 359 g/mol. The molecule has 0 aliphatic heterocycles. The summed E-state index contributed by atoms with van der Waals surface area (Å²) in [7, 11) is 0. The second-order valence-corrected chi connectivity index (χ2v) is 6.10. The molecule has 0 atom stereocenters. The van der Waals surface area contributed by atoms with Crippen molar-refractivity contribution >= 4 is 41.0 Å². The standard InChI is InChI=1S/C18H20Cl2N4O/c1-14-12-17(24(10-6-19)11-7-20)3-2-16(14)13-22-23-18(25)15-4-8-21-9-5-15/h2-5,8-9,12-13H,6-7,10-11H2,1H3,(H,23,25)/b22-13+. The summed E-state index contributed by atoms with van der Waals surface area (Å²) < 4.78 is 0. The third kappa shape index (κ3) is 5.73. The number of nitrogens with one attached hydrogen (secondary N) is 1. The van der Waals surface area contributed by atoms with Crippen LogP contribution in [0, 0.1) is 6.92 Å². The molecule has 7 heteroatoms. The predicted octanol–water partition coefficient (Wildman–Crippen LogP) is 3.44. The Balaban J connectivity index is 2.04. The topological polar surface area (TPSA) is 57.6 Å². The molecule has 0 bridgehead atoms. The lowest BCUT2D eigenvalue weighted by Crippen LogP contribution is -2.27. The summed E-state index contributed by atoms with van der Waals surface area (Å²) in [4.78, 5) is 17.9. The summed E-state index contributed by atoms with van der Waals surface area (Å²) in [5, 5.41) is 4.03. The average molecular weight is 379 g/mol. The van der Waals surface area contributed by atoms with Gasteiger partial charge in [-0.15, -0.1) is 23.2 Å². The number of anilines is 1. The molecular formula is C18H20Cl2N4O. The van der Waals surface area contributed by atoms with E-state index in [9.17, 15) is 4.79 Å². The molecule has 0 aliphatic rings. The van der Waals surface area contributed by atoms with Gasteiger partial charge in [-0.2, -0.15) is 5.10 Å². The number of carbonyl (C=O) groups excluding carboxylic acids is 1. The SMILES string of the molecule is Cc1cc(N(CCCl)CCCl)ccc1/C=N/NC(=O)c1ccncc1. The fourth-order valence-corrected chi connectivity index (χ4v) is 2.71. The van der Waals surface area contributed by atoms with Crippen molar-refractivity contribution < 1.29 is 4.79 Å². The summed E-state index contributed by atoms with van der Waals surface area (Å²) in [6, 6.07) is 9.28. The van der Waals surface area contributed by atoms with Gasteiger partial charge in [-0.25, -0.2) is 5.43 Å². The molecule has 0 saturated heterocycles. The van der Waals surface area contributed by atoms with Gasteiger partial charge in [-0.1, -0.05) is 6.07 Å². The zero-order valence-corrected chi connectivity index (χ0v) is 15.5. The molecule has 1 amide bonds. The number of alkyl halides is 2. The Hall–Kier alpha value is -2.11. The average Bonchev–Trinajstić information content (AvgIpc) is 2.63. The van der Waals surface area contributed by atoms with Crippen molar-refractivity contribution in [2.75, 3.05) is 29.7 Å². The minimum absolute atomic E-state index is 0.275. The highest BCUT2D eigenvalue weighted by Gasteiger charge is 2.07. The molecule has 0 spiro atoms. The van der Waals surface area contributed by atoms with Crippen molar-refractivity contribution in [1.82, 2.24) is 10.4 Å². The third-order valence-electron chi connectivity index (χ3n) is 3.64. The van der Waals surface area contributed by atoms with E-state index in [1.807, 2.05) is 19.1 Å². The van der Waals surface area contributed by atoms with Gasteiger partial charge in [0.15, 0.2) is 0 Å². The first-order chi connectivity index (χ1) is 12.2. The van der Waals surface area contributed by atoms with Crippen molar-refractivity contribution in [1.29, 1.82) is 0 Å². The first-order valence-electron chi connectivity index (χ1n) is 7.86. The van der Waals surface area contributed by atoms with Crippen LogP contribution in [-0.2, 0) is 0 Å². The van der Waals surface area contributed by atoms with Gasteiger partial charge in [0.25, 0.3) is 5.91 Å². The van der Waals surface area contributed by atoms with Crippen LogP contribution in [0.4, 0.5) is 5.69 Å². The minimum atomic E-state index is -0.275. The normalized spacial score (nSPS) is 10.8. The number of halogens is 2. The van der Waals surface area contributed by atoms with Crippen LogP contribution in [0.5, 0.6) is 0 Å². The van der Waals surface area contributed by atoms with E-state index in [4.69, 9.17) is 23.2 Å². The van der Waals surface area contributed by atoms with E-state index < -0.39 is 0 Å². The second-order valence-electron chi connectivity index (χ2n) is 5.34. The van der Waals surface area contributed by atoms with Gasteiger partial charge in [0.2, 0.25) is 0 Å². The molecule has 1 aromatic carbocycles. The number of aryl methyl sites for hydroxylation is 1. The molecule has 1 heterocycles. The summed E-state index contributed by atoms with van der Waals surface area (Å²) >= 11 is 11.7. The Morgan fingerprint density at radius 2 is 1.88 bits per heavy atom. The first kappa shape index (κ1) is 19.2. The summed E-state index contributed by atoms with van der Waals surface area (Å²) in [6.07, 6.45) is 4.76. The molecule has 0 unspecified atom stereocenters. The Kier molecular flexibility index (Phi) is 7.70. The van der Waals surface area contributed by atoms with Gasteiger partial charge in [0.1, 0.15) is 0 Å². The number of aromatic nitrogens is 1. The van der Waals surface area contributed by atoms with E-state index in [1.54, 1.807) is 30.7 Å². The fraction of sp³-hybridized carbons (Fsp3) is 0.278. The van der Waals surface area contributed by atoms with Crippen molar-refractivity contribution in [3.05, 3.63) is 59.4 Å². The van der Waals surface area contributed by atoms with Crippen LogP contribution in [0.1, 0.15) is 21.5 Å². The molecule has 132 valence electrons. The van der Waals surface area contributed by atoms with Gasteiger partial charge in [0, 0.05) is 48.5 Å². The lowest BCUT2D eigenvalue weighted by molar-refractivity contribution is 0.0955. The zero-order valence-electron chi connectivity index (χ0n) is 14.0. The van der Waals surface area contributed by atoms with Crippen LogP contribution < -0.4 is 10.3 Å². The second kappa shape index (κ2) is 10.0. The number of benzene rings is 1. The lowest BCUT2D eigenvalue weighted by Gasteiger charge is -2.23. The number of rotatable bonds is 8. The van der Waals surface area contributed by atoms with Gasteiger partial charge in [-0.05, 0) is 42.3 Å². The summed E-state index contributed by atoms with van der Waals surface area (Å²) in [5.74, 6) is 0.809. The molecule has 0 radical (unpaired) electrons. The van der Waals surface area contributed by atoms with E-state index in [1.165, 1.54) is 0 Å². The number of nitrogens with zero attached hydrogens (tertiary/aromatic N) is 3. The Bertz CT molecular complexity index is 716. The lowest BCUT2D eigenvalue weighted by atomic mass is 10.1. The zero-order chi connectivity index (χ0) is 18.1. The molecule has 2 rings (SSSR count). The van der Waals surface area contributed by atoms with Crippen molar-refractivity contribution in [3.63, 3.8) is 0 Å². The molecule has 1 N–H and O–H groups in total. The number of hydrazone groups is 1. The quantitative estimate of drug-likeness (QED) is 0.434. The minimum Gasteiger partial charge on any atom is -0.369 e. The van der Waals surface area contributed by atoms with E-state index in [0.29, 0.717) is 17.3 Å². The van der Waals surface area contributed by atoms with Gasteiger partial charge < -0.3 is 4.90 Å². The van der Waals surface area contributed by atoms with Crippen LogP contribution in [0.2, 0.25) is 0 Å². The fourth-order valence-electron chi connectivity index (χ4n) is 2.30. The Morgan fingerprint density at radius 1 is 1.20 bits per heavy atom. The van der Waals surface area contributed by atoms with Crippen molar-refractivity contribution in [3.8, 4) is 0 Å². The first-order valence-corrected chi connectivity index (χ1v) is 8.93. The smallest absolute Gasteiger partial charge is 0.271 e. The van der Waals surface area contributed by atoms with Crippen molar-refractivity contribution in [2.24, 2.45) is 5.10 Å². The van der Waals surface area contributed by atoms with Crippen LogP contribution in [0.25, 0.3) is 0 Å². The van der Waals surface area contributed by atoms with Gasteiger partial charge in [-0.3, -0.25) is 9.78 Å². The Morgan fingerprint density at radius 3 is 2.48 bits per heavy atom. The predicted molar refractivity (Wildman–Crippen MR) is 104 cm³/mol. The molecule has 0 aliphatic carbocycles. The maximum atomic E-state index is 11.9. The highest BCUT2D eigenvalue weighted by Crippen LogP contribution is 2.18. The van der Waals surface area contributed by atoms with E-state index in [-0.39, 0.29) is 5.91 Å². The highest BCUT2D eigenvalue weighted by atomic mass is 35.5. The number of pyridine rings is 1. The monoisotopic (exact) mass is 378 g/mol. The third-order valence-corrected chi connectivity index (χ3v) is 3.98. The Labute approximate surface area is 157 Å². The number of hydrogen-bond donors (Lipinski definition) is 1. The van der Waals surface area contributed by atoms with Gasteiger partial charge >= 0.3 is 0 Å². The van der Waals surface area contributed by atoms with E-state index in [2.05, 4.69) is 26.5 Å². The summed E-state index contributed by atoms with van der Waals surface area (Å²) in [6.45, 7) is 3.47. The van der Waals surface area contributed by atoms with E-state index >= 15 is 0 Å². The number of hydrogen-bond acceptors (Lipinski definition) is 4. The molecule has 0 fully saturated rings. The molecule has 0 saturated carbocycles. The molecule has 5 nitrogen and oxygen atoms in total.